The second-order valence-corrected chi connectivity index (χ2v) is 21.5. The Morgan fingerprint density at radius 3 is 1.97 bits per heavy atom. The lowest BCUT2D eigenvalue weighted by molar-refractivity contribution is -0.255. The lowest BCUT2D eigenvalue weighted by Gasteiger charge is -2.33. The van der Waals surface area contributed by atoms with Crippen LogP contribution in [0.3, 0.4) is 0 Å². The molecule has 348 valence electrons. The van der Waals surface area contributed by atoms with Gasteiger partial charge in [0, 0.05) is 75.9 Å². The van der Waals surface area contributed by atoms with E-state index in [2.05, 4.69) is 0 Å². The predicted octanol–water partition coefficient (Wildman–Crippen LogP) is 11.1. The number of anilines is 1. The molecule has 0 spiro atoms. The van der Waals surface area contributed by atoms with E-state index in [0.29, 0.717) is 39.1 Å². The summed E-state index contributed by atoms with van der Waals surface area (Å²) >= 11 is 9.53. The SMILES string of the molecule is C.Cc1ccc2c(P(C)(=O)Oc3ccccc3C(=O)[O-])c3ccc(=[N+](C)C)cc-3oc2c1.Cc1ccc2c(c1)Oc1cc(N(C)C)ccc1C2P(C)(=O)Oc1ccccc1C(=O)O.ClCCl.[2H][2H]. The number of carbonyl (C=O) groups excluding carboxylic acids is 1. The fraction of sp³-hybridized carbons (Fsp3) is 0.220. The Morgan fingerprint density at radius 2 is 1.36 bits per heavy atom. The van der Waals surface area contributed by atoms with E-state index in [0.717, 1.165) is 33.3 Å². The number of benzene rings is 6. The molecule has 2 heterocycles. The molecule has 3 atom stereocenters. The average molecular weight is 978 g/mol. The molecule has 1 N–H and O–H groups in total. The molecule has 0 amide bonds. The summed E-state index contributed by atoms with van der Waals surface area (Å²) in [6, 6.07) is 35.1. The number of aromatic carboxylic acids is 2. The molecule has 8 rings (SSSR count). The van der Waals surface area contributed by atoms with E-state index < -0.39 is 32.3 Å². The number of aryl methyl sites for hydroxylation is 2. The largest absolute Gasteiger partial charge is 0.545 e. The van der Waals surface area contributed by atoms with Crippen molar-refractivity contribution in [1.29, 1.82) is 0 Å². The second kappa shape index (κ2) is 21.1. The minimum Gasteiger partial charge on any atom is -0.545 e. The smallest absolute Gasteiger partial charge is 0.339 e. The van der Waals surface area contributed by atoms with Gasteiger partial charge in [-0.2, -0.15) is 0 Å². The lowest BCUT2D eigenvalue weighted by Crippen LogP contribution is -2.24. The maximum atomic E-state index is 14.1. The number of fused-ring (bicyclic) bond motifs is 4. The van der Waals surface area contributed by atoms with Crippen LogP contribution in [-0.4, -0.2) is 63.9 Å². The Bertz CT molecular complexity index is 3090. The maximum Gasteiger partial charge on any atom is 0.339 e. The molecule has 66 heavy (non-hydrogen) atoms. The van der Waals surface area contributed by atoms with E-state index in [4.69, 9.17) is 44.4 Å². The monoisotopic (exact) mass is 976 g/mol. The van der Waals surface area contributed by atoms with E-state index in [1.54, 1.807) is 30.9 Å². The number of hydrogen-bond donors (Lipinski definition) is 1. The second-order valence-electron chi connectivity index (χ2n) is 15.8. The summed E-state index contributed by atoms with van der Waals surface area (Å²) in [5, 5.41) is 23.3. The summed E-state index contributed by atoms with van der Waals surface area (Å²) < 4.78 is 64.2. The summed E-state index contributed by atoms with van der Waals surface area (Å²) in [6.07, 6.45) is 0. The summed E-state index contributed by atoms with van der Waals surface area (Å²) in [5.74, 6) is -0.607. The number of rotatable bonds is 9. The molecular weight excluding hydrogens is 921 g/mol. The highest BCUT2D eigenvalue weighted by molar-refractivity contribution is 7.67. The number of halogens is 2. The highest BCUT2D eigenvalue weighted by atomic mass is 35.5. The molecule has 0 bridgehead atoms. The minimum absolute atomic E-state index is 0. The Kier molecular flexibility index (Phi) is 15.8. The first-order valence-corrected chi connectivity index (χ1v) is 25.4. The first-order valence-electron chi connectivity index (χ1n) is 21.1. The van der Waals surface area contributed by atoms with Gasteiger partial charge in [-0.25, -0.2) is 9.37 Å². The van der Waals surface area contributed by atoms with Gasteiger partial charge in [0.2, 0.25) is 5.36 Å². The van der Waals surface area contributed by atoms with Crippen molar-refractivity contribution in [1.82, 2.24) is 4.58 Å². The van der Waals surface area contributed by atoms with Crippen molar-refractivity contribution >= 4 is 71.8 Å². The normalized spacial score (nSPS) is 14.2. The first kappa shape index (κ1) is 49.4. The number of nitrogens with zero attached hydrogens (tertiary/aromatic N) is 2. The Morgan fingerprint density at radius 1 is 0.803 bits per heavy atom. The van der Waals surface area contributed by atoms with Gasteiger partial charge in [-0.3, -0.25) is 9.13 Å². The van der Waals surface area contributed by atoms with Crippen LogP contribution >= 0.6 is 37.9 Å². The van der Waals surface area contributed by atoms with Crippen molar-refractivity contribution in [3.63, 3.8) is 0 Å². The van der Waals surface area contributed by atoms with Crippen LogP contribution in [0.2, 0.25) is 0 Å². The number of para-hydroxylation sites is 2. The number of alkyl halides is 2. The summed E-state index contributed by atoms with van der Waals surface area (Å²) in [6.45, 7) is 6.96. The van der Waals surface area contributed by atoms with E-state index >= 15 is 0 Å². The van der Waals surface area contributed by atoms with E-state index in [9.17, 15) is 28.9 Å². The van der Waals surface area contributed by atoms with Crippen LogP contribution in [-0.2, 0) is 9.13 Å². The minimum atomic E-state index is -3.54. The van der Waals surface area contributed by atoms with Crippen molar-refractivity contribution in [3.8, 4) is 34.3 Å². The van der Waals surface area contributed by atoms with Gasteiger partial charge in [0.15, 0.2) is 0 Å². The molecular formula is C50H54Cl2N2O10P2. The molecule has 12 nitrogen and oxygen atoms in total. The van der Waals surface area contributed by atoms with Crippen molar-refractivity contribution in [3.05, 3.63) is 160 Å². The highest BCUT2D eigenvalue weighted by Crippen LogP contribution is 2.65. The van der Waals surface area contributed by atoms with Gasteiger partial charge in [-0.1, -0.05) is 62.0 Å². The molecule has 2 aliphatic heterocycles. The van der Waals surface area contributed by atoms with Crippen LogP contribution in [0.15, 0.2) is 126 Å². The van der Waals surface area contributed by atoms with Crippen molar-refractivity contribution < 1.29 is 50.1 Å². The Balaban J connectivity index is 0.000000267. The van der Waals surface area contributed by atoms with Gasteiger partial charge in [-0.15, -0.1) is 23.2 Å². The number of carboxylic acid groups (broad SMARTS) is 2. The maximum absolute atomic E-state index is 14.1. The van der Waals surface area contributed by atoms with Crippen molar-refractivity contribution in [2.24, 2.45) is 0 Å². The van der Waals surface area contributed by atoms with E-state index in [-0.39, 0.29) is 35.4 Å². The molecule has 3 aliphatic rings. The van der Waals surface area contributed by atoms with E-state index in [1.807, 2.05) is 124 Å². The first-order chi connectivity index (χ1) is 31.8. The zero-order chi connectivity index (χ0) is 49.4. The number of ether oxygens (including phenoxy) is 1. The van der Waals surface area contributed by atoms with Gasteiger partial charge < -0.3 is 38.1 Å². The number of carbonyl (C=O) groups is 2. The molecule has 0 saturated carbocycles. The summed E-state index contributed by atoms with van der Waals surface area (Å²) in [4.78, 5) is 25.1. The lowest BCUT2D eigenvalue weighted by atomic mass is 9.98. The van der Waals surface area contributed by atoms with Crippen LogP contribution < -0.4 is 39.0 Å². The Labute approximate surface area is 398 Å². The third-order valence-corrected chi connectivity index (χ3v) is 14.4. The van der Waals surface area contributed by atoms with Crippen LogP contribution in [0, 0.1) is 13.8 Å². The predicted molar refractivity (Wildman–Crippen MR) is 266 cm³/mol. The van der Waals surface area contributed by atoms with Crippen molar-refractivity contribution in [2.45, 2.75) is 26.9 Å². The van der Waals surface area contributed by atoms with Crippen LogP contribution in [0.5, 0.6) is 23.0 Å². The van der Waals surface area contributed by atoms with Crippen LogP contribution in [0.25, 0.3) is 22.3 Å². The molecule has 0 radical (unpaired) electrons. The summed E-state index contributed by atoms with van der Waals surface area (Å²) in [7, 11) is 0.764. The molecule has 16 heteroatoms. The Hall–Kier alpha value is -6.03. The molecule has 5 aromatic carbocycles. The number of carboxylic acids is 2. The summed E-state index contributed by atoms with van der Waals surface area (Å²) in [5.41, 5.74) is 4.95. The van der Waals surface area contributed by atoms with Gasteiger partial charge >= 0.3 is 5.97 Å². The van der Waals surface area contributed by atoms with Crippen LogP contribution in [0.4, 0.5) is 5.69 Å². The molecule has 0 fully saturated rings. The fourth-order valence-corrected chi connectivity index (χ4v) is 11.4. The molecule has 0 saturated heterocycles. The third kappa shape index (κ3) is 11.1. The zero-order valence-corrected chi connectivity index (χ0v) is 40.3. The number of hydrogen-bond acceptors (Lipinski definition) is 10. The van der Waals surface area contributed by atoms with Gasteiger partial charge in [0.05, 0.1) is 22.7 Å². The van der Waals surface area contributed by atoms with Crippen LogP contribution in [0.1, 0.15) is 59.0 Å². The topological polar surface area (TPSA) is 159 Å². The molecule has 3 unspecified atom stereocenters. The quantitative estimate of drug-likeness (QED) is 0.0635. The van der Waals surface area contributed by atoms with Gasteiger partial charge in [0.25, 0.3) is 14.7 Å². The highest BCUT2D eigenvalue weighted by Gasteiger charge is 2.41. The average Bonchev–Trinajstić information content (AvgIpc) is 3.27. The molecule has 5 aromatic rings. The fourth-order valence-electron chi connectivity index (χ4n) is 7.46. The molecule has 0 aromatic heterocycles. The van der Waals surface area contributed by atoms with Gasteiger partial charge in [-0.05, 0) is 73.5 Å². The van der Waals surface area contributed by atoms with E-state index in [1.165, 1.54) is 30.9 Å². The zero-order valence-electron chi connectivity index (χ0n) is 39.0. The molecule has 1 aliphatic carbocycles. The van der Waals surface area contributed by atoms with Gasteiger partial charge in [0.1, 0.15) is 59.7 Å². The van der Waals surface area contributed by atoms with Crippen molar-refractivity contribution in [2.75, 3.05) is 51.8 Å². The standard InChI is InChI=1S/C24H24NO5P.C24H22NO5P.CH2Cl2.CH4.H2/c2*1-15-9-11-17-21(13-15)29-22-14-16(25(2)3)10-12-18(22)23(17)31(4,28)30-20-8-6-5-7-19(20)24(26)27;2-1-3;;/h5-14,23H,1-4H3,(H,26,27);5-14H,1-4H3;1H2;1H4;1H/i;;;;1+1D. The third-order valence-electron chi connectivity index (χ3n) is 10.5.